The van der Waals surface area contributed by atoms with Crippen molar-refractivity contribution in [2.45, 2.75) is 20.0 Å². The van der Waals surface area contributed by atoms with Crippen molar-refractivity contribution in [1.29, 1.82) is 0 Å². The highest BCUT2D eigenvalue weighted by Crippen LogP contribution is 1.89. The maximum atomic E-state index is 10.9. The van der Waals surface area contributed by atoms with Crippen LogP contribution in [0.3, 0.4) is 0 Å². The van der Waals surface area contributed by atoms with E-state index in [0.717, 1.165) is 0 Å². The lowest BCUT2D eigenvalue weighted by molar-refractivity contribution is -0.153. The van der Waals surface area contributed by atoms with Crippen molar-refractivity contribution in [3.8, 4) is 0 Å². The molecule has 0 atom stereocenters. The Bertz CT molecular complexity index is 150. The maximum absolute atomic E-state index is 10.9. The molecule has 0 aliphatic heterocycles. The molecule has 0 aliphatic rings. The summed E-state index contributed by atoms with van der Waals surface area (Å²) in [6.07, 6.45) is -0.0976. The predicted octanol–water partition coefficient (Wildman–Crippen LogP) is -0.0701. The zero-order valence-corrected chi connectivity index (χ0v) is 8.82. The van der Waals surface area contributed by atoms with Crippen LogP contribution in [-0.2, 0) is 19.0 Å². The maximum Gasteiger partial charge on any atom is 0.332 e. The minimum Gasteiger partial charge on any atom is -0.461 e. The number of carbonyl (C=O) groups excluding carboxylic acids is 1. The van der Waals surface area contributed by atoms with Gasteiger partial charge in [0.2, 0.25) is 0 Å². The van der Waals surface area contributed by atoms with E-state index in [0.29, 0.717) is 26.4 Å². The lowest BCUT2D eigenvalue weighted by Gasteiger charge is -2.08. The number of nitrogens with two attached hydrogens (primary N) is 1. The molecule has 0 unspecified atom stereocenters. The fourth-order valence-electron chi connectivity index (χ4n) is 0.756. The highest BCUT2D eigenvalue weighted by atomic mass is 16.6. The van der Waals surface area contributed by atoms with Crippen LogP contribution >= 0.6 is 0 Å². The summed E-state index contributed by atoms with van der Waals surface area (Å²) < 4.78 is 14.9. The smallest absolute Gasteiger partial charge is 0.332 e. The molecule has 2 N–H and O–H groups in total. The molecule has 0 bridgehead atoms. The van der Waals surface area contributed by atoms with Crippen LogP contribution in [0.4, 0.5) is 0 Å². The van der Waals surface area contributed by atoms with E-state index in [-0.39, 0.29) is 18.7 Å². The summed E-state index contributed by atoms with van der Waals surface area (Å²) in [6, 6.07) is 0. The quantitative estimate of drug-likeness (QED) is 0.443. The van der Waals surface area contributed by atoms with E-state index >= 15 is 0 Å². The predicted molar refractivity (Wildman–Crippen MR) is 51.9 cm³/mol. The first-order valence-electron chi connectivity index (χ1n) is 4.72. The van der Waals surface area contributed by atoms with Crippen LogP contribution in [0.1, 0.15) is 13.8 Å². The fraction of sp³-hybridized carbons (Fsp3) is 0.889. The molecule has 0 fully saturated rings. The van der Waals surface area contributed by atoms with Gasteiger partial charge in [-0.25, -0.2) is 4.79 Å². The van der Waals surface area contributed by atoms with Crippen molar-refractivity contribution in [3.05, 3.63) is 0 Å². The monoisotopic (exact) mass is 205 g/mol. The highest BCUT2D eigenvalue weighted by Gasteiger charge is 2.04. The topological polar surface area (TPSA) is 70.8 Å². The minimum atomic E-state index is -0.348. The van der Waals surface area contributed by atoms with E-state index in [9.17, 15) is 4.79 Å². The Kier molecular flexibility index (Phi) is 8.51. The summed E-state index contributed by atoms with van der Waals surface area (Å²) in [4.78, 5) is 10.9. The molecule has 84 valence electrons. The van der Waals surface area contributed by atoms with E-state index in [2.05, 4.69) is 0 Å². The second-order valence-electron chi connectivity index (χ2n) is 2.99. The van der Waals surface area contributed by atoms with E-state index < -0.39 is 0 Å². The normalized spacial score (nSPS) is 10.6. The third kappa shape index (κ3) is 9.44. The molecule has 0 aromatic carbocycles. The summed E-state index contributed by atoms with van der Waals surface area (Å²) in [5.41, 5.74) is 5.21. The molecule has 0 saturated carbocycles. The van der Waals surface area contributed by atoms with Crippen LogP contribution in [0.2, 0.25) is 0 Å². The minimum absolute atomic E-state index is 0.0236. The van der Waals surface area contributed by atoms with Crippen molar-refractivity contribution < 1.29 is 19.0 Å². The van der Waals surface area contributed by atoms with Gasteiger partial charge in [-0.05, 0) is 13.8 Å². The summed E-state index contributed by atoms with van der Waals surface area (Å²) in [5.74, 6) is -0.348. The number of rotatable bonds is 8. The second-order valence-corrected chi connectivity index (χ2v) is 2.99. The molecule has 5 heteroatoms. The number of esters is 1. The lowest BCUT2D eigenvalue weighted by atomic mass is 10.5. The van der Waals surface area contributed by atoms with E-state index in [4.69, 9.17) is 19.9 Å². The molecule has 0 aromatic heterocycles. The Morgan fingerprint density at radius 1 is 1.21 bits per heavy atom. The Hall–Kier alpha value is -0.650. The zero-order chi connectivity index (χ0) is 10.8. The van der Waals surface area contributed by atoms with E-state index in [1.807, 2.05) is 0 Å². The van der Waals surface area contributed by atoms with E-state index in [1.165, 1.54) is 0 Å². The van der Waals surface area contributed by atoms with Crippen LogP contribution in [0.25, 0.3) is 0 Å². The summed E-state index contributed by atoms with van der Waals surface area (Å²) in [6.45, 7) is 5.41. The lowest BCUT2D eigenvalue weighted by Crippen LogP contribution is -2.19. The van der Waals surface area contributed by atoms with Crippen LogP contribution in [0.15, 0.2) is 0 Å². The van der Waals surface area contributed by atoms with Gasteiger partial charge in [0.15, 0.2) is 0 Å². The number of ether oxygens (including phenoxy) is 3. The molecular weight excluding hydrogens is 186 g/mol. The zero-order valence-electron chi connectivity index (χ0n) is 8.82. The van der Waals surface area contributed by atoms with Crippen molar-refractivity contribution in [3.63, 3.8) is 0 Å². The molecule has 0 amide bonds. The fourth-order valence-corrected chi connectivity index (χ4v) is 0.756. The first-order chi connectivity index (χ1) is 6.66. The van der Waals surface area contributed by atoms with Crippen LogP contribution in [0.5, 0.6) is 0 Å². The molecule has 0 heterocycles. The Morgan fingerprint density at radius 2 is 1.86 bits per heavy atom. The van der Waals surface area contributed by atoms with Gasteiger partial charge in [0.05, 0.1) is 25.9 Å². The third-order valence-electron chi connectivity index (χ3n) is 1.22. The Morgan fingerprint density at radius 3 is 2.43 bits per heavy atom. The first-order valence-corrected chi connectivity index (χ1v) is 4.72. The number of carbonyl (C=O) groups is 1. The SMILES string of the molecule is CC(C)OC(=O)COCCOCCN. The summed E-state index contributed by atoms with van der Waals surface area (Å²) in [5, 5.41) is 0. The van der Waals surface area contributed by atoms with Crippen LogP contribution in [-0.4, -0.2) is 45.0 Å². The molecular formula is C9H19NO4. The average molecular weight is 205 g/mol. The molecule has 0 aliphatic carbocycles. The van der Waals surface area contributed by atoms with Gasteiger partial charge in [-0.3, -0.25) is 0 Å². The average Bonchev–Trinajstić information content (AvgIpc) is 2.10. The molecule has 0 spiro atoms. The Balaban J connectivity index is 3.15. The summed E-state index contributed by atoms with van der Waals surface area (Å²) >= 11 is 0. The van der Waals surface area contributed by atoms with Gasteiger partial charge in [0.1, 0.15) is 6.61 Å². The molecule has 0 rings (SSSR count). The molecule has 0 saturated heterocycles. The number of hydrogen-bond donors (Lipinski definition) is 1. The van der Waals surface area contributed by atoms with Gasteiger partial charge in [-0.15, -0.1) is 0 Å². The number of hydrogen-bond acceptors (Lipinski definition) is 5. The van der Waals surface area contributed by atoms with Crippen molar-refractivity contribution >= 4 is 5.97 Å². The molecule has 0 aromatic rings. The van der Waals surface area contributed by atoms with Gasteiger partial charge in [0.25, 0.3) is 0 Å². The third-order valence-corrected chi connectivity index (χ3v) is 1.22. The standard InChI is InChI=1S/C9H19NO4/c1-8(2)14-9(11)7-13-6-5-12-4-3-10/h8H,3-7,10H2,1-2H3. The molecule has 0 radical (unpaired) electrons. The van der Waals surface area contributed by atoms with Crippen LogP contribution in [0, 0.1) is 0 Å². The second kappa shape index (κ2) is 8.93. The van der Waals surface area contributed by atoms with Gasteiger partial charge in [-0.1, -0.05) is 0 Å². The molecule has 5 nitrogen and oxygen atoms in total. The van der Waals surface area contributed by atoms with Gasteiger partial charge < -0.3 is 19.9 Å². The largest absolute Gasteiger partial charge is 0.461 e. The first kappa shape index (κ1) is 13.4. The van der Waals surface area contributed by atoms with Crippen molar-refractivity contribution in [1.82, 2.24) is 0 Å². The van der Waals surface area contributed by atoms with E-state index in [1.54, 1.807) is 13.8 Å². The van der Waals surface area contributed by atoms with Crippen molar-refractivity contribution in [2.75, 3.05) is 33.0 Å². The van der Waals surface area contributed by atoms with Gasteiger partial charge >= 0.3 is 5.97 Å². The Labute approximate surface area is 84.5 Å². The highest BCUT2D eigenvalue weighted by molar-refractivity contribution is 5.70. The van der Waals surface area contributed by atoms with Crippen molar-refractivity contribution in [2.24, 2.45) is 5.73 Å². The summed E-state index contributed by atoms with van der Waals surface area (Å²) in [7, 11) is 0. The molecule has 14 heavy (non-hydrogen) atoms. The van der Waals surface area contributed by atoms with Gasteiger partial charge in [-0.2, -0.15) is 0 Å². The van der Waals surface area contributed by atoms with Crippen LogP contribution < -0.4 is 5.73 Å². The van der Waals surface area contributed by atoms with Gasteiger partial charge in [0, 0.05) is 6.54 Å².